The molecule has 1 aromatic carbocycles. The third kappa shape index (κ3) is 4.30. The van der Waals surface area contributed by atoms with Crippen LogP contribution in [-0.2, 0) is 0 Å². The predicted molar refractivity (Wildman–Crippen MR) is 79.2 cm³/mol. The van der Waals surface area contributed by atoms with Gasteiger partial charge in [0.1, 0.15) is 0 Å². The second-order valence-electron chi connectivity index (χ2n) is 5.75. The molecule has 106 valence electrons. The lowest BCUT2D eigenvalue weighted by Gasteiger charge is -2.35. The molecule has 0 saturated carbocycles. The van der Waals surface area contributed by atoms with Gasteiger partial charge in [-0.2, -0.15) is 0 Å². The second-order valence-corrected chi connectivity index (χ2v) is 5.75. The van der Waals surface area contributed by atoms with Crippen molar-refractivity contribution in [3.8, 4) is 0 Å². The molecule has 1 fully saturated rings. The smallest absolute Gasteiger partial charge is 0.0802 e. The zero-order valence-corrected chi connectivity index (χ0v) is 12.1. The quantitative estimate of drug-likeness (QED) is 0.880. The topological polar surface area (TPSA) is 26.7 Å². The Labute approximate surface area is 116 Å². The van der Waals surface area contributed by atoms with Crippen LogP contribution in [0.3, 0.4) is 0 Å². The van der Waals surface area contributed by atoms with Crippen molar-refractivity contribution in [3.05, 3.63) is 35.9 Å². The van der Waals surface area contributed by atoms with Crippen molar-refractivity contribution in [1.29, 1.82) is 0 Å². The van der Waals surface area contributed by atoms with E-state index in [-0.39, 0.29) is 6.10 Å². The van der Waals surface area contributed by atoms with Crippen LogP contribution in [0.25, 0.3) is 0 Å². The van der Waals surface area contributed by atoms with Gasteiger partial charge in [-0.05, 0) is 52.0 Å². The Morgan fingerprint density at radius 3 is 2.42 bits per heavy atom. The van der Waals surface area contributed by atoms with E-state index in [0.29, 0.717) is 0 Å². The minimum atomic E-state index is -0.326. The summed E-state index contributed by atoms with van der Waals surface area (Å²) >= 11 is 0. The first-order valence-electron chi connectivity index (χ1n) is 7.28. The number of benzene rings is 1. The summed E-state index contributed by atoms with van der Waals surface area (Å²) in [4.78, 5) is 4.81. The highest BCUT2D eigenvalue weighted by Gasteiger charge is 2.20. The summed E-state index contributed by atoms with van der Waals surface area (Å²) in [7, 11) is 4.33. The summed E-state index contributed by atoms with van der Waals surface area (Å²) in [6.45, 7) is 3.31. The fourth-order valence-electron chi connectivity index (χ4n) is 2.81. The van der Waals surface area contributed by atoms with Gasteiger partial charge in [0.15, 0.2) is 0 Å². The summed E-state index contributed by atoms with van der Waals surface area (Å²) in [6.07, 6.45) is 2.99. The summed E-state index contributed by atoms with van der Waals surface area (Å²) in [5.41, 5.74) is 1.03. The lowest BCUT2D eigenvalue weighted by atomic mass is 10.0. The highest BCUT2D eigenvalue weighted by Crippen LogP contribution is 2.19. The number of aliphatic hydroxyl groups is 1. The van der Waals surface area contributed by atoms with Gasteiger partial charge < -0.3 is 14.9 Å². The van der Waals surface area contributed by atoms with E-state index in [4.69, 9.17) is 0 Å². The Hall–Kier alpha value is -0.900. The van der Waals surface area contributed by atoms with Crippen LogP contribution in [0.15, 0.2) is 30.3 Å². The van der Waals surface area contributed by atoms with Crippen molar-refractivity contribution in [2.45, 2.75) is 31.4 Å². The average molecular weight is 262 g/mol. The van der Waals surface area contributed by atoms with E-state index in [2.05, 4.69) is 23.9 Å². The van der Waals surface area contributed by atoms with Crippen LogP contribution in [0.2, 0.25) is 0 Å². The van der Waals surface area contributed by atoms with Crippen LogP contribution in [0.1, 0.15) is 30.9 Å². The fraction of sp³-hybridized carbons (Fsp3) is 0.625. The number of likely N-dealkylation sites (tertiary alicyclic amines) is 1. The molecule has 1 N–H and O–H groups in total. The minimum Gasteiger partial charge on any atom is -0.388 e. The van der Waals surface area contributed by atoms with Gasteiger partial charge in [-0.15, -0.1) is 0 Å². The first-order valence-corrected chi connectivity index (χ1v) is 7.28. The normalized spacial score (nSPS) is 19.8. The third-order valence-corrected chi connectivity index (χ3v) is 4.19. The Morgan fingerprint density at radius 2 is 1.84 bits per heavy atom. The van der Waals surface area contributed by atoms with E-state index in [9.17, 15) is 5.11 Å². The van der Waals surface area contributed by atoms with E-state index in [1.807, 2.05) is 30.3 Å². The minimum absolute atomic E-state index is 0.326. The molecule has 1 aromatic rings. The van der Waals surface area contributed by atoms with Crippen molar-refractivity contribution in [2.24, 2.45) is 0 Å². The van der Waals surface area contributed by atoms with E-state index in [0.717, 1.165) is 37.7 Å². The molecule has 0 aliphatic carbocycles. The molecule has 0 bridgehead atoms. The van der Waals surface area contributed by atoms with Crippen molar-refractivity contribution >= 4 is 0 Å². The summed E-state index contributed by atoms with van der Waals surface area (Å²) in [6, 6.07) is 10.7. The predicted octanol–water partition coefficient (Wildman–Crippen LogP) is 2.14. The maximum Gasteiger partial charge on any atom is 0.0802 e. The first-order chi connectivity index (χ1) is 9.16. The van der Waals surface area contributed by atoms with Crippen LogP contribution < -0.4 is 0 Å². The van der Waals surface area contributed by atoms with E-state index in [1.165, 1.54) is 12.8 Å². The molecule has 2 rings (SSSR count). The summed E-state index contributed by atoms with van der Waals surface area (Å²) in [5, 5.41) is 10.2. The second kappa shape index (κ2) is 7.04. The number of piperidine rings is 1. The highest BCUT2D eigenvalue weighted by atomic mass is 16.3. The SMILES string of the molecule is CN(C)C1CCN(CCC(O)c2ccccc2)CC1. The van der Waals surface area contributed by atoms with Gasteiger partial charge >= 0.3 is 0 Å². The van der Waals surface area contributed by atoms with Crippen molar-refractivity contribution in [3.63, 3.8) is 0 Å². The Morgan fingerprint density at radius 1 is 1.21 bits per heavy atom. The van der Waals surface area contributed by atoms with Gasteiger partial charge in [-0.25, -0.2) is 0 Å². The van der Waals surface area contributed by atoms with Gasteiger partial charge in [-0.1, -0.05) is 30.3 Å². The van der Waals surface area contributed by atoms with Crippen LogP contribution in [0, 0.1) is 0 Å². The van der Waals surface area contributed by atoms with Crippen molar-refractivity contribution in [2.75, 3.05) is 33.7 Å². The molecule has 1 atom stereocenters. The number of nitrogens with zero attached hydrogens (tertiary/aromatic N) is 2. The molecule has 3 nitrogen and oxygen atoms in total. The van der Waals surface area contributed by atoms with E-state index >= 15 is 0 Å². The molecule has 0 amide bonds. The molecule has 19 heavy (non-hydrogen) atoms. The van der Waals surface area contributed by atoms with Gasteiger partial charge in [0.25, 0.3) is 0 Å². The average Bonchev–Trinajstić information content (AvgIpc) is 2.46. The highest BCUT2D eigenvalue weighted by molar-refractivity contribution is 5.17. The molecule has 1 aliphatic rings. The molecule has 1 unspecified atom stereocenters. The van der Waals surface area contributed by atoms with Gasteiger partial charge in [0.2, 0.25) is 0 Å². The van der Waals surface area contributed by atoms with Crippen molar-refractivity contribution in [1.82, 2.24) is 9.80 Å². The monoisotopic (exact) mass is 262 g/mol. The molecule has 3 heteroatoms. The summed E-state index contributed by atoms with van der Waals surface area (Å²) in [5.74, 6) is 0. The molecule has 0 radical (unpaired) electrons. The molecule has 1 aliphatic heterocycles. The zero-order valence-electron chi connectivity index (χ0n) is 12.1. The van der Waals surface area contributed by atoms with Gasteiger partial charge in [-0.3, -0.25) is 0 Å². The van der Waals surface area contributed by atoms with Crippen LogP contribution >= 0.6 is 0 Å². The Balaban J connectivity index is 1.72. The van der Waals surface area contributed by atoms with Gasteiger partial charge in [0.05, 0.1) is 6.10 Å². The number of aliphatic hydroxyl groups excluding tert-OH is 1. The molecule has 0 spiro atoms. The first kappa shape index (κ1) is 14.5. The van der Waals surface area contributed by atoms with E-state index in [1.54, 1.807) is 0 Å². The molecule has 1 saturated heterocycles. The maximum atomic E-state index is 10.2. The lowest BCUT2D eigenvalue weighted by molar-refractivity contribution is 0.110. The Kier molecular flexibility index (Phi) is 5.37. The number of rotatable bonds is 5. The zero-order chi connectivity index (χ0) is 13.7. The number of hydrogen-bond acceptors (Lipinski definition) is 3. The molecular formula is C16H26N2O. The summed E-state index contributed by atoms with van der Waals surface area (Å²) < 4.78 is 0. The van der Waals surface area contributed by atoms with Crippen LogP contribution in [0.4, 0.5) is 0 Å². The van der Waals surface area contributed by atoms with Crippen molar-refractivity contribution < 1.29 is 5.11 Å². The fourth-order valence-corrected chi connectivity index (χ4v) is 2.81. The molecule has 0 aromatic heterocycles. The number of hydrogen-bond donors (Lipinski definition) is 1. The van der Waals surface area contributed by atoms with Gasteiger partial charge in [0, 0.05) is 12.6 Å². The third-order valence-electron chi connectivity index (χ3n) is 4.19. The Bertz CT molecular complexity index is 358. The van der Waals surface area contributed by atoms with Crippen LogP contribution in [-0.4, -0.2) is 54.7 Å². The standard InChI is InChI=1S/C16H26N2O/c1-17(2)15-8-11-18(12-9-15)13-10-16(19)14-6-4-3-5-7-14/h3-7,15-16,19H,8-13H2,1-2H3. The van der Waals surface area contributed by atoms with Crippen LogP contribution in [0.5, 0.6) is 0 Å². The largest absolute Gasteiger partial charge is 0.388 e. The lowest BCUT2D eigenvalue weighted by Crippen LogP contribution is -2.42. The molecule has 1 heterocycles. The maximum absolute atomic E-state index is 10.2. The molecular weight excluding hydrogens is 236 g/mol. The van der Waals surface area contributed by atoms with E-state index < -0.39 is 0 Å².